The lowest BCUT2D eigenvalue weighted by molar-refractivity contribution is -0.144. The van der Waals surface area contributed by atoms with E-state index >= 15 is 0 Å². The maximum absolute atomic E-state index is 12.4. The Morgan fingerprint density at radius 2 is 1.81 bits per heavy atom. The fourth-order valence-electron chi connectivity index (χ4n) is 2.31. The molecule has 0 spiro atoms. The van der Waals surface area contributed by atoms with Crippen LogP contribution in [0.3, 0.4) is 0 Å². The van der Waals surface area contributed by atoms with Crippen molar-refractivity contribution in [2.75, 3.05) is 6.54 Å². The summed E-state index contributed by atoms with van der Waals surface area (Å²) in [6.07, 6.45) is 1.43. The maximum Gasteiger partial charge on any atom is 0.326 e. The van der Waals surface area contributed by atoms with E-state index in [0.29, 0.717) is 12.8 Å². The van der Waals surface area contributed by atoms with Gasteiger partial charge in [0, 0.05) is 13.0 Å². The molecule has 5 nitrogen and oxygen atoms in total. The molecule has 0 saturated heterocycles. The van der Waals surface area contributed by atoms with E-state index < -0.39 is 17.4 Å². The van der Waals surface area contributed by atoms with Gasteiger partial charge in [-0.3, -0.25) is 4.79 Å². The van der Waals surface area contributed by atoms with Gasteiger partial charge in [0.1, 0.15) is 6.04 Å². The SMILES string of the molecule is CCC(CC)(CN)C(=O)N[C@@H](Cc1ccccc1)C(=O)O. The third-order valence-corrected chi connectivity index (χ3v) is 4.11. The number of rotatable bonds is 8. The van der Waals surface area contributed by atoms with E-state index in [1.807, 2.05) is 44.2 Å². The number of aliphatic carboxylic acids is 1. The molecule has 1 aromatic carbocycles. The van der Waals surface area contributed by atoms with E-state index in [-0.39, 0.29) is 18.9 Å². The lowest BCUT2D eigenvalue weighted by Crippen LogP contribution is -2.51. The fourth-order valence-corrected chi connectivity index (χ4v) is 2.31. The van der Waals surface area contributed by atoms with Crippen LogP contribution < -0.4 is 11.1 Å². The van der Waals surface area contributed by atoms with Gasteiger partial charge in [0.2, 0.25) is 5.91 Å². The second-order valence-electron chi connectivity index (χ2n) is 5.25. The number of amides is 1. The summed E-state index contributed by atoms with van der Waals surface area (Å²) in [7, 11) is 0. The number of carbonyl (C=O) groups excluding carboxylic acids is 1. The van der Waals surface area contributed by atoms with Crippen molar-refractivity contribution in [2.45, 2.75) is 39.2 Å². The summed E-state index contributed by atoms with van der Waals surface area (Å²) in [6, 6.07) is 8.31. The lowest BCUT2D eigenvalue weighted by atomic mass is 9.81. The number of hydrogen-bond donors (Lipinski definition) is 3. The summed E-state index contributed by atoms with van der Waals surface area (Å²) < 4.78 is 0. The Kier molecular flexibility index (Phi) is 6.37. The molecule has 0 aliphatic carbocycles. The number of carboxylic acid groups (broad SMARTS) is 1. The minimum atomic E-state index is -1.04. The normalized spacial score (nSPS) is 12.7. The predicted octanol–water partition coefficient (Wildman–Crippen LogP) is 1.56. The van der Waals surface area contributed by atoms with Crippen molar-refractivity contribution in [2.24, 2.45) is 11.1 Å². The first-order chi connectivity index (χ1) is 9.99. The van der Waals surface area contributed by atoms with Crippen molar-refractivity contribution >= 4 is 11.9 Å². The zero-order valence-electron chi connectivity index (χ0n) is 12.6. The van der Waals surface area contributed by atoms with Crippen LogP contribution in [0.25, 0.3) is 0 Å². The van der Waals surface area contributed by atoms with Crippen LogP contribution in [0.5, 0.6) is 0 Å². The molecule has 0 fully saturated rings. The number of benzene rings is 1. The topological polar surface area (TPSA) is 92.4 Å². The molecule has 0 aliphatic rings. The van der Waals surface area contributed by atoms with Crippen LogP contribution in [0.15, 0.2) is 30.3 Å². The molecule has 0 saturated carbocycles. The van der Waals surface area contributed by atoms with Gasteiger partial charge in [-0.1, -0.05) is 44.2 Å². The second kappa shape index (κ2) is 7.78. The number of carbonyl (C=O) groups is 2. The molecule has 0 aromatic heterocycles. The molecule has 1 amide bonds. The Morgan fingerprint density at radius 1 is 1.24 bits per heavy atom. The summed E-state index contributed by atoms with van der Waals surface area (Å²) in [5.41, 5.74) is 5.91. The van der Waals surface area contributed by atoms with E-state index in [9.17, 15) is 14.7 Å². The highest BCUT2D eigenvalue weighted by molar-refractivity contribution is 5.87. The van der Waals surface area contributed by atoms with Gasteiger partial charge in [-0.25, -0.2) is 4.79 Å². The molecule has 0 bridgehead atoms. The van der Waals surface area contributed by atoms with Crippen molar-refractivity contribution < 1.29 is 14.7 Å². The monoisotopic (exact) mass is 292 g/mol. The molecule has 21 heavy (non-hydrogen) atoms. The molecule has 1 aromatic rings. The zero-order chi connectivity index (χ0) is 15.9. The molecule has 116 valence electrons. The van der Waals surface area contributed by atoms with E-state index in [1.54, 1.807) is 0 Å². The van der Waals surface area contributed by atoms with Crippen molar-refractivity contribution in [3.63, 3.8) is 0 Å². The first-order valence-corrected chi connectivity index (χ1v) is 7.26. The molecule has 0 radical (unpaired) electrons. The number of carboxylic acids is 1. The van der Waals surface area contributed by atoms with Gasteiger partial charge in [-0.2, -0.15) is 0 Å². The van der Waals surface area contributed by atoms with Crippen LogP contribution in [0.4, 0.5) is 0 Å². The highest BCUT2D eigenvalue weighted by Crippen LogP contribution is 2.25. The summed E-state index contributed by atoms with van der Waals surface area (Å²) in [4.78, 5) is 23.8. The van der Waals surface area contributed by atoms with Crippen LogP contribution >= 0.6 is 0 Å². The molecular weight excluding hydrogens is 268 g/mol. The Bertz CT molecular complexity index is 461. The quantitative estimate of drug-likeness (QED) is 0.678. The summed E-state index contributed by atoms with van der Waals surface area (Å²) in [6.45, 7) is 4.00. The van der Waals surface area contributed by atoms with Gasteiger partial charge in [0.25, 0.3) is 0 Å². The highest BCUT2D eigenvalue weighted by Gasteiger charge is 2.35. The highest BCUT2D eigenvalue weighted by atomic mass is 16.4. The summed E-state index contributed by atoms with van der Waals surface area (Å²) >= 11 is 0. The third-order valence-electron chi connectivity index (χ3n) is 4.11. The molecule has 1 rings (SSSR count). The largest absolute Gasteiger partial charge is 0.480 e. The van der Waals surface area contributed by atoms with Crippen LogP contribution in [0.1, 0.15) is 32.3 Å². The molecule has 0 heterocycles. The van der Waals surface area contributed by atoms with Crippen LogP contribution in [-0.2, 0) is 16.0 Å². The standard InChI is InChI=1S/C16H24N2O3/c1-3-16(4-2,11-17)15(21)18-13(14(19)20)10-12-8-6-5-7-9-12/h5-9,13H,3-4,10-11,17H2,1-2H3,(H,18,21)(H,19,20)/t13-/m0/s1. The van der Waals surface area contributed by atoms with Gasteiger partial charge in [0.15, 0.2) is 0 Å². The second-order valence-corrected chi connectivity index (χ2v) is 5.25. The van der Waals surface area contributed by atoms with Crippen molar-refractivity contribution in [1.29, 1.82) is 0 Å². The van der Waals surface area contributed by atoms with Crippen molar-refractivity contribution in [3.05, 3.63) is 35.9 Å². The van der Waals surface area contributed by atoms with Gasteiger partial charge < -0.3 is 16.2 Å². The van der Waals surface area contributed by atoms with Crippen LogP contribution in [-0.4, -0.2) is 29.6 Å². The molecule has 0 unspecified atom stereocenters. The number of nitrogens with two attached hydrogens (primary N) is 1. The van der Waals surface area contributed by atoms with Crippen molar-refractivity contribution in [3.8, 4) is 0 Å². The minimum Gasteiger partial charge on any atom is -0.480 e. The van der Waals surface area contributed by atoms with Gasteiger partial charge in [-0.05, 0) is 18.4 Å². The average Bonchev–Trinajstić information content (AvgIpc) is 2.50. The fraction of sp³-hybridized carbons (Fsp3) is 0.500. The Balaban J connectivity index is 2.84. The van der Waals surface area contributed by atoms with E-state index in [1.165, 1.54) is 0 Å². The average molecular weight is 292 g/mol. The van der Waals surface area contributed by atoms with E-state index in [4.69, 9.17) is 5.73 Å². The maximum atomic E-state index is 12.4. The number of nitrogens with one attached hydrogen (secondary N) is 1. The van der Waals surface area contributed by atoms with Crippen molar-refractivity contribution in [1.82, 2.24) is 5.32 Å². The van der Waals surface area contributed by atoms with E-state index in [2.05, 4.69) is 5.32 Å². The first kappa shape index (κ1) is 17.2. The molecular formula is C16H24N2O3. The summed E-state index contributed by atoms with van der Waals surface area (Å²) in [5, 5.41) is 12.0. The smallest absolute Gasteiger partial charge is 0.326 e. The van der Waals surface area contributed by atoms with Crippen LogP contribution in [0.2, 0.25) is 0 Å². The van der Waals surface area contributed by atoms with E-state index in [0.717, 1.165) is 5.56 Å². The Hall–Kier alpha value is -1.88. The van der Waals surface area contributed by atoms with Gasteiger partial charge in [0.05, 0.1) is 5.41 Å². The minimum absolute atomic E-state index is 0.212. The van der Waals surface area contributed by atoms with Gasteiger partial charge >= 0.3 is 5.97 Å². The summed E-state index contributed by atoms with van der Waals surface area (Å²) in [5.74, 6) is -1.32. The molecule has 5 heteroatoms. The molecule has 4 N–H and O–H groups in total. The molecule has 1 atom stereocenters. The third kappa shape index (κ3) is 4.29. The lowest BCUT2D eigenvalue weighted by Gasteiger charge is -2.30. The predicted molar refractivity (Wildman–Crippen MR) is 81.8 cm³/mol. The Labute approximate surface area is 125 Å². The number of hydrogen-bond acceptors (Lipinski definition) is 3. The molecule has 0 aliphatic heterocycles. The first-order valence-electron chi connectivity index (χ1n) is 7.26. The Morgan fingerprint density at radius 3 is 2.24 bits per heavy atom. The zero-order valence-corrected chi connectivity index (χ0v) is 12.6. The van der Waals surface area contributed by atoms with Gasteiger partial charge in [-0.15, -0.1) is 0 Å². The van der Waals surface area contributed by atoms with Crippen LogP contribution in [0, 0.1) is 5.41 Å².